The van der Waals surface area contributed by atoms with Gasteiger partial charge in [0.2, 0.25) is 0 Å². The molecule has 0 N–H and O–H groups in total. The lowest BCUT2D eigenvalue weighted by Gasteiger charge is -2.23. The van der Waals surface area contributed by atoms with Crippen LogP contribution < -0.4 is 0 Å². The summed E-state index contributed by atoms with van der Waals surface area (Å²) in [6.07, 6.45) is 1.98. The molecular weight excluding hydrogens is 188 g/mol. The number of hydrogen-bond acceptors (Lipinski definition) is 2. The van der Waals surface area contributed by atoms with E-state index in [1.807, 2.05) is 27.7 Å². The van der Waals surface area contributed by atoms with Gasteiger partial charge in [0.25, 0.3) is 0 Å². The lowest BCUT2D eigenvalue weighted by atomic mass is 9.85. The van der Waals surface area contributed by atoms with Crippen LogP contribution >= 0.6 is 0 Å². The first-order valence-electron chi connectivity index (χ1n) is 5.93. The lowest BCUT2D eigenvalue weighted by molar-refractivity contribution is -0.155. The summed E-state index contributed by atoms with van der Waals surface area (Å²) >= 11 is 0. The van der Waals surface area contributed by atoms with E-state index >= 15 is 0 Å². The molecule has 0 aliphatic heterocycles. The molecule has 90 valence electrons. The Morgan fingerprint density at radius 2 is 1.67 bits per heavy atom. The first kappa shape index (κ1) is 14.5. The monoisotopic (exact) mass is 214 g/mol. The van der Waals surface area contributed by atoms with Crippen LogP contribution in [-0.2, 0) is 9.53 Å². The summed E-state index contributed by atoms with van der Waals surface area (Å²) in [4.78, 5) is 11.8. The average Bonchev–Trinajstić information content (AvgIpc) is 2.11. The fourth-order valence-electron chi connectivity index (χ4n) is 1.19. The van der Waals surface area contributed by atoms with Gasteiger partial charge in [-0.15, -0.1) is 0 Å². The van der Waals surface area contributed by atoms with E-state index in [2.05, 4.69) is 13.8 Å². The summed E-state index contributed by atoms with van der Waals surface area (Å²) in [5.74, 6) is 0.994. The molecule has 0 amide bonds. The maximum absolute atomic E-state index is 11.8. The SMILES string of the molecule is CC(C)CCC(C)(C)C(=O)OCC(C)C. The highest BCUT2D eigenvalue weighted by atomic mass is 16.5. The molecule has 0 fully saturated rings. The largest absolute Gasteiger partial charge is 0.465 e. The van der Waals surface area contributed by atoms with E-state index in [9.17, 15) is 4.79 Å². The van der Waals surface area contributed by atoms with E-state index < -0.39 is 0 Å². The fraction of sp³-hybridized carbons (Fsp3) is 0.923. The van der Waals surface area contributed by atoms with E-state index in [1.54, 1.807) is 0 Å². The molecule has 2 heteroatoms. The van der Waals surface area contributed by atoms with Crippen molar-refractivity contribution in [3.8, 4) is 0 Å². The predicted molar refractivity (Wildman–Crippen MR) is 63.7 cm³/mol. The molecule has 0 aliphatic carbocycles. The van der Waals surface area contributed by atoms with Crippen LogP contribution in [0.1, 0.15) is 54.4 Å². The highest BCUT2D eigenvalue weighted by Gasteiger charge is 2.29. The zero-order valence-corrected chi connectivity index (χ0v) is 11.1. The van der Waals surface area contributed by atoms with Gasteiger partial charge in [0.05, 0.1) is 12.0 Å². The fourth-order valence-corrected chi connectivity index (χ4v) is 1.19. The number of carbonyl (C=O) groups excluding carboxylic acids is 1. The molecule has 15 heavy (non-hydrogen) atoms. The lowest BCUT2D eigenvalue weighted by Crippen LogP contribution is -2.28. The van der Waals surface area contributed by atoms with Crippen molar-refractivity contribution in [2.24, 2.45) is 17.3 Å². The number of hydrogen-bond donors (Lipinski definition) is 0. The van der Waals surface area contributed by atoms with E-state index in [4.69, 9.17) is 4.74 Å². The van der Waals surface area contributed by atoms with Crippen LogP contribution in [0.4, 0.5) is 0 Å². The number of carbonyl (C=O) groups is 1. The summed E-state index contributed by atoms with van der Waals surface area (Å²) in [6, 6.07) is 0. The molecule has 0 aliphatic rings. The third kappa shape index (κ3) is 6.53. The molecule has 0 spiro atoms. The standard InChI is InChI=1S/C13H26O2/c1-10(2)7-8-13(5,6)12(14)15-9-11(3)4/h10-11H,7-9H2,1-6H3. The van der Waals surface area contributed by atoms with Gasteiger partial charge in [-0.3, -0.25) is 4.79 Å². The molecule has 0 saturated carbocycles. The molecule has 0 unspecified atom stereocenters. The normalized spacial score (nSPS) is 12.3. The Morgan fingerprint density at radius 1 is 1.13 bits per heavy atom. The van der Waals surface area contributed by atoms with Gasteiger partial charge in [-0.1, -0.05) is 27.7 Å². The van der Waals surface area contributed by atoms with Gasteiger partial charge in [-0.25, -0.2) is 0 Å². The summed E-state index contributed by atoms with van der Waals surface area (Å²) in [6.45, 7) is 12.9. The first-order chi connectivity index (χ1) is 6.75. The molecule has 0 aromatic rings. The van der Waals surface area contributed by atoms with Crippen molar-refractivity contribution in [3.63, 3.8) is 0 Å². The Balaban J connectivity index is 4.02. The topological polar surface area (TPSA) is 26.3 Å². The van der Waals surface area contributed by atoms with Crippen molar-refractivity contribution in [1.29, 1.82) is 0 Å². The second-order valence-electron chi connectivity index (χ2n) is 5.81. The molecule has 0 atom stereocenters. The smallest absolute Gasteiger partial charge is 0.311 e. The van der Waals surface area contributed by atoms with Gasteiger partial charge in [-0.05, 0) is 38.5 Å². The average molecular weight is 214 g/mol. The molecule has 0 aromatic carbocycles. The van der Waals surface area contributed by atoms with E-state index in [0.717, 1.165) is 12.8 Å². The van der Waals surface area contributed by atoms with Crippen molar-refractivity contribution in [1.82, 2.24) is 0 Å². The van der Waals surface area contributed by atoms with Crippen molar-refractivity contribution in [3.05, 3.63) is 0 Å². The van der Waals surface area contributed by atoms with E-state index in [-0.39, 0.29) is 11.4 Å². The van der Waals surface area contributed by atoms with Crippen molar-refractivity contribution >= 4 is 5.97 Å². The summed E-state index contributed by atoms with van der Waals surface area (Å²) in [7, 11) is 0. The van der Waals surface area contributed by atoms with Gasteiger partial charge in [0.1, 0.15) is 0 Å². The first-order valence-corrected chi connectivity index (χ1v) is 5.93. The summed E-state index contributed by atoms with van der Waals surface area (Å²) in [5, 5.41) is 0. The maximum Gasteiger partial charge on any atom is 0.311 e. The Kier molecular flexibility index (Phi) is 5.92. The molecule has 2 nitrogen and oxygen atoms in total. The third-order valence-electron chi connectivity index (χ3n) is 2.45. The van der Waals surface area contributed by atoms with E-state index in [1.165, 1.54) is 0 Å². The number of rotatable bonds is 6. The number of esters is 1. The van der Waals surface area contributed by atoms with Crippen molar-refractivity contribution < 1.29 is 9.53 Å². The van der Waals surface area contributed by atoms with E-state index in [0.29, 0.717) is 18.4 Å². The van der Waals surface area contributed by atoms with Crippen molar-refractivity contribution in [2.75, 3.05) is 6.61 Å². The Hall–Kier alpha value is -0.530. The minimum absolute atomic E-state index is 0.0585. The van der Waals surface area contributed by atoms with Gasteiger partial charge in [-0.2, -0.15) is 0 Å². The quantitative estimate of drug-likeness (QED) is 0.631. The Bertz CT molecular complexity index is 193. The van der Waals surface area contributed by atoms with Crippen LogP contribution in [0, 0.1) is 17.3 Å². The molecule has 0 heterocycles. The second-order valence-corrected chi connectivity index (χ2v) is 5.81. The summed E-state index contributed by atoms with van der Waals surface area (Å²) < 4.78 is 5.26. The highest BCUT2D eigenvalue weighted by Crippen LogP contribution is 2.26. The molecule has 0 bridgehead atoms. The third-order valence-corrected chi connectivity index (χ3v) is 2.45. The highest BCUT2D eigenvalue weighted by molar-refractivity contribution is 5.75. The number of ether oxygens (including phenoxy) is 1. The van der Waals surface area contributed by atoms with Crippen LogP contribution in [0.5, 0.6) is 0 Å². The second kappa shape index (κ2) is 6.14. The van der Waals surface area contributed by atoms with Crippen molar-refractivity contribution in [2.45, 2.75) is 54.4 Å². The van der Waals surface area contributed by atoms with Crippen LogP contribution in [0.3, 0.4) is 0 Å². The van der Waals surface area contributed by atoms with Crippen LogP contribution in [0.15, 0.2) is 0 Å². The Morgan fingerprint density at radius 3 is 2.07 bits per heavy atom. The van der Waals surface area contributed by atoms with Crippen LogP contribution in [0.25, 0.3) is 0 Å². The zero-order valence-electron chi connectivity index (χ0n) is 11.1. The molecule has 0 radical (unpaired) electrons. The van der Waals surface area contributed by atoms with Gasteiger partial charge < -0.3 is 4.74 Å². The van der Waals surface area contributed by atoms with Gasteiger partial charge in [0, 0.05) is 0 Å². The van der Waals surface area contributed by atoms with Gasteiger partial charge >= 0.3 is 5.97 Å². The van der Waals surface area contributed by atoms with Crippen LogP contribution in [0.2, 0.25) is 0 Å². The zero-order chi connectivity index (χ0) is 12.1. The molecule has 0 rings (SSSR count). The maximum atomic E-state index is 11.8. The minimum atomic E-state index is -0.334. The minimum Gasteiger partial charge on any atom is -0.465 e. The molecular formula is C13H26O2. The molecule has 0 aromatic heterocycles. The van der Waals surface area contributed by atoms with Crippen LogP contribution in [-0.4, -0.2) is 12.6 Å². The summed E-state index contributed by atoms with van der Waals surface area (Å²) in [5.41, 5.74) is -0.334. The predicted octanol–water partition coefficient (Wildman–Crippen LogP) is 3.65. The Labute approximate surface area is 94.4 Å². The molecule has 0 saturated heterocycles. The van der Waals surface area contributed by atoms with Gasteiger partial charge in [0.15, 0.2) is 0 Å².